The third-order valence-corrected chi connectivity index (χ3v) is 6.92. The van der Waals surface area contributed by atoms with Crippen LogP contribution in [0.2, 0.25) is 0 Å². The highest BCUT2D eigenvalue weighted by atomic mass is 32.2. The van der Waals surface area contributed by atoms with Crippen molar-refractivity contribution in [2.24, 2.45) is 0 Å². The van der Waals surface area contributed by atoms with Crippen LogP contribution in [0.25, 0.3) is 11.4 Å². The summed E-state index contributed by atoms with van der Waals surface area (Å²) in [7, 11) is -0.740. The van der Waals surface area contributed by atoms with Crippen molar-refractivity contribution < 1.29 is 22.5 Å². The van der Waals surface area contributed by atoms with E-state index in [0.29, 0.717) is 30.2 Å². The summed E-state index contributed by atoms with van der Waals surface area (Å²) >= 11 is 0. The van der Waals surface area contributed by atoms with Gasteiger partial charge in [0.05, 0.1) is 18.6 Å². The van der Waals surface area contributed by atoms with Gasteiger partial charge < -0.3 is 14.2 Å². The summed E-state index contributed by atoms with van der Waals surface area (Å²) in [5.74, 6) is 1.30. The molecule has 31 heavy (non-hydrogen) atoms. The molecule has 9 nitrogen and oxygen atoms in total. The van der Waals surface area contributed by atoms with Gasteiger partial charge in [-0.2, -0.15) is 9.29 Å². The molecule has 1 aromatic heterocycles. The first-order valence-electron chi connectivity index (χ1n) is 9.72. The number of benzene rings is 2. The van der Waals surface area contributed by atoms with Gasteiger partial charge in [0, 0.05) is 31.3 Å². The van der Waals surface area contributed by atoms with Crippen molar-refractivity contribution in [3.05, 3.63) is 54.4 Å². The number of aromatic nitrogens is 2. The van der Waals surface area contributed by atoms with Crippen LogP contribution in [0.5, 0.6) is 5.75 Å². The van der Waals surface area contributed by atoms with Crippen LogP contribution in [0.3, 0.4) is 0 Å². The molecule has 2 heterocycles. The van der Waals surface area contributed by atoms with Gasteiger partial charge in [-0.15, -0.1) is 0 Å². The van der Waals surface area contributed by atoms with Crippen LogP contribution in [0.4, 0.5) is 5.69 Å². The summed E-state index contributed by atoms with van der Waals surface area (Å²) in [6, 6.07) is 13.5. The molecule has 0 spiro atoms. The van der Waals surface area contributed by atoms with Gasteiger partial charge in [-0.1, -0.05) is 5.16 Å². The molecule has 0 N–H and O–H groups in total. The maximum Gasteiger partial charge on any atom is 0.243 e. The van der Waals surface area contributed by atoms with Gasteiger partial charge in [0.15, 0.2) is 0 Å². The lowest BCUT2D eigenvalue weighted by Crippen LogP contribution is -2.27. The van der Waals surface area contributed by atoms with E-state index >= 15 is 0 Å². The summed E-state index contributed by atoms with van der Waals surface area (Å²) in [6.07, 6.45) is 1.33. The summed E-state index contributed by atoms with van der Waals surface area (Å²) in [5.41, 5.74) is 1.43. The first-order valence-corrected chi connectivity index (χ1v) is 11.2. The van der Waals surface area contributed by atoms with Crippen LogP contribution >= 0.6 is 0 Å². The smallest absolute Gasteiger partial charge is 0.243 e. The fraction of sp³-hybridized carbons (Fsp3) is 0.286. The zero-order valence-electron chi connectivity index (χ0n) is 17.2. The number of amides is 1. The Morgan fingerprint density at radius 1 is 1.13 bits per heavy atom. The fourth-order valence-corrected chi connectivity index (χ4v) is 4.47. The minimum atomic E-state index is -3.77. The summed E-state index contributed by atoms with van der Waals surface area (Å²) < 4.78 is 37.4. The number of ether oxygens (including phenoxy) is 1. The van der Waals surface area contributed by atoms with Crippen molar-refractivity contribution in [3.63, 3.8) is 0 Å². The molecular formula is C21H22N4O5S. The Balaban J connectivity index is 1.47. The minimum absolute atomic E-state index is 0.0526. The molecule has 1 amide bonds. The Bertz CT molecular complexity index is 1170. The van der Waals surface area contributed by atoms with Crippen molar-refractivity contribution in [1.82, 2.24) is 14.4 Å². The Kier molecular flexibility index (Phi) is 5.75. The van der Waals surface area contributed by atoms with Gasteiger partial charge in [0.2, 0.25) is 27.6 Å². The van der Waals surface area contributed by atoms with Crippen molar-refractivity contribution in [2.75, 3.05) is 25.6 Å². The zero-order chi connectivity index (χ0) is 22.0. The quantitative estimate of drug-likeness (QED) is 0.554. The van der Waals surface area contributed by atoms with Gasteiger partial charge in [-0.3, -0.25) is 4.79 Å². The lowest BCUT2D eigenvalue weighted by molar-refractivity contribution is -0.117. The predicted octanol–water partition coefficient (Wildman–Crippen LogP) is 2.69. The second kappa shape index (κ2) is 8.48. The number of carbonyl (C=O) groups is 1. The van der Waals surface area contributed by atoms with Crippen LogP contribution < -0.4 is 9.64 Å². The number of sulfonamides is 1. The number of hydrogen-bond donors (Lipinski definition) is 0. The third kappa shape index (κ3) is 4.30. The van der Waals surface area contributed by atoms with Gasteiger partial charge in [-0.05, 0) is 55.0 Å². The van der Waals surface area contributed by atoms with Crippen LogP contribution in [-0.4, -0.2) is 49.5 Å². The molecule has 1 saturated heterocycles. The highest BCUT2D eigenvalue weighted by Gasteiger charge is 2.25. The largest absolute Gasteiger partial charge is 0.497 e. The Hall–Kier alpha value is -3.24. The van der Waals surface area contributed by atoms with E-state index in [9.17, 15) is 13.2 Å². The molecule has 0 bridgehead atoms. The van der Waals surface area contributed by atoms with E-state index in [1.165, 1.54) is 19.2 Å². The SMILES string of the molecule is COc1ccc(-c2noc(CN(C)S(=O)(=O)c3ccc(N4CCCC4=O)cc3)n2)cc1. The van der Waals surface area contributed by atoms with Crippen molar-refractivity contribution in [2.45, 2.75) is 24.3 Å². The Morgan fingerprint density at radius 2 is 1.84 bits per heavy atom. The average molecular weight is 442 g/mol. The van der Waals surface area contributed by atoms with Crippen LogP contribution in [0.15, 0.2) is 57.9 Å². The number of nitrogens with zero attached hydrogens (tertiary/aromatic N) is 4. The molecule has 10 heteroatoms. The number of methoxy groups -OCH3 is 1. The molecule has 0 saturated carbocycles. The first-order chi connectivity index (χ1) is 14.9. The molecule has 1 fully saturated rings. The summed E-state index contributed by atoms with van der Waals surface area (Å²) in [5, 5.41) is 3.93. The minimum Gasteiger partial charge on any atom is -0.497 e. The number of carbonyl (C=O) groups excluding carboxylic acids is 1. The molecule has 0 aliphatic carbocycles. The molecule has 0 atom stereocenters. The Labute approximate surface area is 180 Å². The molecule has 0 unspecified atom stereocenters. The molecule has 2 aromatic carbocycles. The maximum absolute atomic E-state index is 12.9. The molecule has 0 radical (unpaired) electrons. The number of anilines is 1. The van der Waals surface area contributed by atoms with Gasteiger partial charge in [0.25, 0.3) is 0 Å². The summed E-state index contributed by atoms with van der Waals surface area (Å²) in [4.78, 5) is 18.0. The van der Waals surface area contributed by atoms with Crippen LogP contribution in [0.1, 0.15) is 18.7 Å². The summed E-state index contributed by atoms with van der Waals surface area (Å²) in [6.45, 7) is 0.580. The van der Waals surface area contributed by atoms with E-state index in [2.05, 4.69) is 10.1 Å². The van der Waals surface area contributed by atoms with E-state index in [-0.39, 0.29) is 23.2 Å². The molecule has 1 aliphatic heterocycles. The van der Waals surface area contributed by atoms with Crippen molar-refractivity contribution >= 4 is 21.6 Å². The lowest BCUT2D eigenvalue weighted by atomic mass is 10.2. The third-order valence-electron chi connectivity index (χ3n) is 5.10. The van der Waals surface area contributed by atoms with E-state index in [1.54, 1.807) is 48.4 Å². The van der Waals surface area contributed by atoms with Crippen molar-refractivity contribution in [1.29, 1.82) is 0 Å². The second-order valence-electron chi connectivity index (χ2n) is 7.14. The monoisotopic (exact) mass is 442 g/mol. The average Bonchev–Trinajstić information content (AvgIpc) is 3.43. The van der Waals surface area contributed by atoms with Gasteiger partial charge in [-0.25, -0.2) is 8.42 Å². The molecular weight excluding hydrogens is 420 g/mol. The standard InChI is InChI=1S/C21H22N4O5S/c1-24(14-19-22-21(23-30-19)15-5-9-17(29-2)10-6-15)31(27,28)18-11-7-16(8-12-18)25-13-3-4-20(25)26/h5-12H,3-4,13-14H2,1-2H3. The van der Waals surface area contributed by atoms with Gasteiger partial charge in [0.1, 0.15) is 5.75 Å². The zero-order valence-corrected chi connectivity index (χ0v) is 18.0. The maximum atomic E-state index is 12.9. The molecule has 4 rings (SSSR count). The predicted molar refractivity (Wildman–Crippen MR) is 113 cm³/mol. The second-order valence-corrected chi connectivity index (χ2v) is 9.19. The number of hydrogen-bond acceptors (Lipinski definition) is 7. The van der Waals surface area contributed by atoms with Crippen LogP contribution in [0, 0.1) is 0 Å². The number of rotatable bonds is 7. The van der Waals surface area contributed by atoms with E-state index in [4.69, 9.17) is 9.26 Å². The Morgan fingerprint density at radius 3 is 2.45 bits per heavy atom. The molecule has 1 aliphatic rings. The van der Waals surface area contributed by atoms with E-state index in [0.717, 1.165) is 16.3 Å². The van der Waals surface area contributed by atoms with E-state index < -0.39 is 10.0 Å². The highest BCUT2D eigenvalue weighted by Crippen LogP contribution is 2.25. The van der Waals surface area contributed by atoms with E-state index in [1.807, 2.05) is 0 Å². The molecule has 162 valence electrons. The van der Waals surface area contributed by atoms with Crippen LogP contribution in [-0.2, 0) is 21.4 Å². The highest BCUT2D eigenvalue weighted by molar-refractivity contribution is 7.89. The lowest BCUT2D eigenvalue weighted by Gasteiger charge is -2.18. The topological polar surface area (TPSA) is 106 Å². The van der Waals surface area contributed by atoms with Gasteiger partial charge >= 0.3 is 0 Å². The molecule has 3 aromatic rings. The van der Waals surface area contributed by atoms with Crippen molar-refractivity contribution in [3.8, 4) is 17.1 Å². The normalized spacial score (nSPS) is 14.4. The fourth-order valence-electron chi connectivity index (χ4n) is 3.35. The first kappa shape index (κ1) is 21.0.